The molecule has 0 heterocycles. The van der Waals surface area contributed by atoms with Crippen molar-refractivity contribution in [1.82, 2.24) is 0 Å². The van der Waals surface area contributed by atoms with Crippen LogP contribution in [0, 0.1) is 5.82 Å². The standard InChI is InChI=1S/C18H13ClFOP/c19-14-11-12-17(20)18(13-14)22(21,15-7-3-1-4-8-15)16-9-5-2-6-10-16/h1-13H. The quantitative estimate of drug-likeness (QED) is 0.660. The van der Waals surface area contributed by atoms with Gasteiger partial charge in [0.15, 0.2) is 7.14 Å². The fourth-order valence-corrected chi connectivity index (χ4v) is 5.41. The first-order valence-corrected chi connectivity index (χ1v) is 8.88. The van der Waals surface area contributed by atoms with E-state index in [9.17, 15) is 8.96 Å². The van der Waals surface area contributed by atoms with Crippen LogP contribution in [0.25, 0.3) is 0 Å². The second-order valence-corrected chi connectivity index (χ2v) is 8.05. The summed E-state index contributed by atoms with van der Waals surface area (Å²) in [7, 11) is -3.30. The van der Waals surface area contributed by atoms with Crippen molar-refractivity contribution in [3.8, 4) is 0 Å². The molecule has 0 atom stereocenters. The van der Waals surface area contributed by atoms with Gasteiger partial charge in [0.05, 0.1) is 5.30 Å². The predicted molar refractivity (Wildman–Crippen MR) is 90.8 cm³/mol. The van der Waals surface area contributed by atoms with Gasteiger partial charge in [0, 0.05) is 15.6 Å². The molecule has 0 aromatic heterocycles. The third-order valence-corrected chi connectivity index (χ3v) is 6.79. The van der Waals surface area contributed by atoms with E-state index in [1.54, 1.807) is 48.5 Å². The SMILES string of the molecule is O=P(c1ccccc1)(c1ccccc1)c1cc(Cl)ccc1F. The van der Waals surface area contributed by atoms with Crippen molar-refractivity contribution in [2.24, 2.45) is 0 Å². The molecule has 0 unspecified atom stereocenters. The van der Waals surface area contributed by atoms with E-state index in [1.165, 1.54) is 18.2 Å². The minimum absolute atomic E-state index is 0.136. The van der Waals surface area contributed by atoms with Crippen LogP contribution in [0.3, 0.4) is 0 Å². The zero-order valence-corrected chi connectivity index (χ0v) is 13.3. The highest BCUT2D eigenvalue weighted by Crippen LogP contribution is 2.43. The van der Waals surface area contributed by atoms with Crippen LogP contribution in [0.15, 0.2) is 78.9 Å². The van der Waals surface area contributed by atoms with Gasteiger partial charge >= 0.3 is 0 Å². The molecule has 0 saturated carbocycles. The molecule has 1 nitrogen and oxygen atoms in total. The molecule has 0 amide bonds. The lowest BCUT2D eigenvalue weighted by molar-refractivity contribution is 0.589. The molecule has 0 fully saturated rings. The highest BCUT2D eigenvalue weighted by atomic mass is 35.5. The van der Waals surface area contributed by atoms with Crippen molar-refractivity contribution in [3.63, 3.8) is 0 Å². The van der Waals surface area contributed by atoms with E-state index in [-0.39, 0.29) is 5.30 Å². The Morgan fingerprint density at radius 3 is 1.77 bits per heavy atom. The number of rotatable bonds is 3. The molecule has 0 aliphatic carbocycles. The fourth-order valence-electron chi connectivity index (χ4n) is 2.43. The Kier molecular flexibility index (Phi) is 4.15. The first-order valence-electron chi connectivity index (χ1n) is 6.79. The topological polar surface area (TPSA) is 17.1 Å². The maximum absolute atomic E-state index is 14.4. The summed E-state index contributed by atoms with van der Waals surface area (Å²) in [6.45, 7) is 0. The highest BCUT2D eigenvalue weighted by Gasteiger charge is 2.32. The molecule has 4 heteroatoms. The van der Waals surface area contributed by atoms with Gasteiger partial charge in [0.1, 0.15) is 5.82 Å². The molecule has 3 aromatic carbocycles. The Bertz CT molecular complexity index is 791. The van der Waals surface area contributed by atoms with E-state index in [1.807, 2.05) is 12.1 Å². The Balaban J connectivity index is 2.34. The van der Waals surface area contributed by atoms with Gasteiger partial charge in [0.25, 0.3) is 0 Å². The average Bonchev–Trinajstić information content (AvgIpc) is 2.58. The Labute approximate surface area is 133 Å². The van der Waals surface area contributed by atoms with Crippen LogP contribution in [-0.2, 0) is 4.57 Å². The Morgan fingerprint density at radius 2 is 1.27 bits per heavy atom. The molecule has 0 aliphatic heterocycles. The van der Waals surface area contributed by atoms with Crippen LogP contribution in [0.1, 0.15) is 0 Å². The summed E-state index contributed by atoms with van der Waals surface area (Å²) in [6, 6.07) is 22.1. The molecule has 0 saturated heterocycles. The molecule has 3 rings (SSSR count). The predicted octanol–water partition coefficient (Wildman–Crippen LogP) is 4.12. The van der Waals surface area contributed by atoms with Crippen molar-refractivity contribution in [2.45, 2.75) is 0 Å². The summed E-state index contributed by atoms with van der Waals surface area (Å²) < 4.78 is 28.3. The van der Waals surface area contributed by atoms with Crippen LogP contribution in [0.5, 0.6) is 0 Å². The van der Waals surface area contributed by atoms with Gasteiger partial charge in [-0.15, -0.1) is 0 Å². The van der Waals surface area contributed by atoms with E-state index < -0.39 is 13.0 Å². The summed E-state index contributed by atoms with van der Waals surface area (Å²) in [5.74, 6) is -0.513. The van der Waals surface area contributed by atoms with Crippen molar-refractivity contribution in [1.29, 1.82) is 0 Å². The van der Waals surface area contributed by atoms with Crippen molar-refractivity contribution < 1.29 is 8.96 Å². The van der Waals surface area contributed by atoms with Crippen LogP contribution in [0.4, 0.5) is 4.39 Å². The average molecular weight is 331 g/mol. The van der Waals surface area contributed by atoms with Crippen LogP contribution in [0.2, 0.25) is 5.02 Å². The van der Waals surface area contributed by atoms with Gasteiger partial charge < -0.3 is 4.57 Å². The number of halogens is 2. The van der Waals surface area contributed by atoms with E-state index in [2.05, 4.69) is 0 Å². The molecule has 22 heavy (non-hydrogen) atoms. The smallest absolute Gasteiger partial charge is 0.173 e. The van der Waals surface area contributed by atoms with Crippen molar-refractivity contribution >= 4 is 34.7 Å². The number of hydrogen-bond donors (Lipinski definition) is 0. The molecular formula is C18H13ClFOP. The summed E-state index contributed by atoms with van der Waals surface area (Å²) in [4.78, 5) is 0. The van der Waals surface area contributed by atoms with Crippen molar-refractivity contribution in [3.05, 3.63) is 89.7 Å². The summed E-state index contributed by atoms with van der Waals surface area (Å²) in [5.41, 5.74) is 0. The molecule has 0 aliphatic rings. The largest absolute Gasteiger partial charge is 0.309 e. The minimum atomic E-state index is -3.30. The normalized spacial score (nSPS) is 11.4. The fraction of sp³-hybridized carbons (Fsp3) is 0. The lowest BCUT2D eigenvalue weighted by Crippen LogP contribution is -2.27. The van der Waals surface area contributed by atoms with E-state index in [0.29, 0.717) is 15.6 Å². The molecular weight excluding hydrogens is 318 g/mol. The van der Waals surface area contributed by atoms with Gasteiger partial charge in [-0.1, -0.05) is 72.3 Å². The van der Waals surface area contributed by atoms with E-state index in [4.69, 9.17) is 11.6 Å². The van der Waals surface area contributed by atoms with Gasteiger partial charge in [0.2, 0.25) is 0 Å². The maximum atomic E-state index is 14.4. The lowest BCUT2D eigenvalue weighted by Gasteiger charge is -2.20. The second-order valence-electron chi connectivity index (χ2n) is 4.88. The van der Waals surface area contributed by atoms with E-state index in [0.717, 1.165) is 0 Å². The lowest BCUT2D eigenvalue weighted by atomic mass is 10.3. The van der Waals surface area contributed by atoms with Gasteiger partial charge in [-0.05, 0) is 18.2 Å². The van der Waals surface area contributed by atoms with Crippen LogP contribution >= 0.6 is 18.7 Å². The zero-order chi connectivity index (χ0) is 15.6. The van der Waals surface area contributed by atoms with Crippen LogP contribution in [-0.4, -0.2) is 0 Å². The number of benzene rings is 3. The first-order chi connectivity index (χ1) is 10.6. The minimum Gasteiger partial charge on any atom is -0.309 e. The van der Waals surface area contributed by atoms with E-state index >= 15 is 0 Å². The van der Waals surface area contributed by atoms with Crippen molar-refractivity contribution in [2.75, 3.05) is 0 Å². The summed E-state index contributed by atoms with van der Waals surface area (Å²) >= 11 is 6.01. The third-order valence-electron chi connectivity index (χ3n) is 3.49. The third kappa shape index (κ3) is 2.61. The summed E-state index contributed by atoms with van der Waals surface area (Å²) in [6.07, 6.45) is 0. The number of hydrogen-bond acceptors (Lipinski definition) is 1. The zero-order valence-electron chi connectivity index (χ0n) is 11.6. The van der Waals surface area contributed by atoms with Gasteiger partial charge in [-0.3, -0.25) is 0 Å². The monoisotopic (exact) mass is 330 g/mol. The molecule has 0 bridgehead atoms. The van der Waals surface area contributed by atoms with Crippen LogP contribution < -0.4 is 15.9 Å². The Hall–Kier alpha value is -1.89. The maximum Gasteiger partial charge on any atom is 0.173 e. The molecule has 0 N–H and O–H groups in total. The molecule has 3 aromatic rings. The summed E-state index contributed by atoms with van der Waals surface area (Å²) in [5, 5.41) is 1.67. The Morgan fingerprint density at radius 1 is 0.773 bits per heavy atom. The molecule has 110 valence electrons. The molecule has 0 radical (unpaired) electrons. The second kappa shape index (κ2) is 6.08. The first kappa shape index (κ1) is 15.0. The van der Waals surface area contributed by atoms with Gasteiger partial charge in [-0.2, -0.15) is 0 Å². The highest BCUT2D eigenvalue weighted by molar-refractivity contribution is 7.85. The van der Waals surface area contributed by atoms with Gasteiger partial charge in [-0.25, -0.2) is 4.39 Å². The molecule has 0 spiro atoms.